The van der Waals surface area contributed by atoms with Crippen molar-refractivity contribution in [2.75, 3.05) is 17.2 Å². The Kier molecular flexibility index (Phi) is 4.16. The van der Waals surface area contributed by atoms with Crippen molar-refractivity contribution < 1.29 is 0 Å². The Balaban J connectivity index is 2.35. The second-order valence-electron chi connectivity index (χ2n) is 4.49. The number of nitrogens with zero attached hydrogens (tertiary/aromatic N) is 3. The number of rotatable bonds is 4. The summed E-state index contributed by atoms with van der Waals surface area (Å²) in [5.41, 5.74) is 3.52. The van der Waals surface area contributed by atoms with E-state index in [0.29, 0.717) is 5.56 Å². The minimum atomic E-state index is 0.622. The van der Waals surface area contributed by atoms with Gasteiger partial charge in [0.25, 0.3) is 0 Å². The third-order valence-corrected chi connectivity index (χ3v) is 3.05. The molecule has 2 N–H and O–H groups in total. The van der Waals surface area contributed by atoms with Gasteiger partial charge in [0.15, 0.2) is 0 Å². The molecule has 2 aromatic rings. The van der Waals surface area contributed by atoms with E-state index in [1.807, 2.05) is 32.9 Å². The van der Waals surface area contributed by atoms with E-state index in [1.165, 1.54) is 6.33 Å². The Labute approximate surface area is 118 Å². The van der Waals surface area contributed by atoms with Gasteiger partial charge in [0.2, 0.25) is 0 Å². The van der Waals surface area contributed by atoms with Gasteiger partial charge in [-0.2, -0.15) is 5.26 Å². The number of benzene rings is 1. The predicted molar refractivity (Wildman–Crippen MR) is 80.1 cm³/mol. The molecular weight excluding hydrogens is 250 g/mol. The number of hydrogen-bond donors (Lipinski definition) is 2. The molecule has 0 radical (unpaired) electrons. The van der Waals surface area contributed by atoms with Crippen molar-refractivity contribution in [2.24, 2.45) is 0 Å². The van der Waals surface area contributed by atoms with E-state index in [9.17, 15) is 0 Å². The van der Waals surface area contributed by atoms with E-state index in [4.69, 9.17) is 5.26 Å². The number of aryl methyl sites for hydroxylation is 1. The van der Waals surface area contributed by atoms with E-state index in [2.05, 4.69) is 26.7 Å². The van der Waals surface area contributed by atoms with Crippen LogP contribution in [0.15, 0.2) is 24.5 Å². The molecule has 0 amide bonds. The van der Waals surface area contributed by atoms with Crippen LogP contribution >= 0.6 is 0 Å². The average molecular weight is 267 g/mol. The van der Waals surface area contributed by atoms with E-state index < -0.39 is 0 Å². The lowest BCUT2D eigenvalue weighted by atomic mass is 10.1. The van der Waals surface area contributed by atoms with E-state index in [0.717, 1.165) is 35.0 Å². The molecule has 0 saturated carbocycles. The first-order chi connectivity index (χ1) is 9.65. The summed E-state index contributed by atoms with van der Waals surface area (Å²) in [4.78, 5) is 8.48. The maximum Gasteiger partial charge on any atom is 0.138 e. The smallest absolute Gasteiger partial charge is 0.138 e. The molecule has 2 rings (SSSR count). The summed E-state index contributed by atoms with van der Waals surface area (Å²) < 4.78 is 0. The number of hydrogen-bond acceptors (Lipinski definition) is 5. The molecule has 0 fully saturated rings. The zero-order valence-electron chi connectivity index (χ0n) is 11.9. The largest absolute Gasteiger partial charge is 0.370 e. The minimum absolute atomic E-state index is 0.622. The van der Waals surface area contributed by atoms with Gasteiger partial charge in [-0.15, -0.1) is 0 Å². The summed E-state index contributed by atoms with van der Waals surface area (Å²) in [6.45, 7) is 6.78. The molecule has 0 bridgehead atoms. The van der Waals surface area contributed by atoms with Crippen molar-refractivity contribution in [2.45, 2.75) is 20.8 Å². The summed E-state index contributed by atoms with van der Waals surface area (Å²) >= 11 is 0. The molecule has 1 aromatic carbocycles. The lowest BCUT2D eigenvalue weighted by molar-refractivity contribution is 1.08. The molecule has 0 saturated heterocycles. The van der Waals surface area contributed by atoms with Crippen LogP contribution in [0.25, 0.3) is 0 Å². The Hall–Kier alpha value is -2.61. The molecular formula is C15H17N5. The topological polar surface area (TPSA) is 73.6 Å². The van der Waals surface area contributed by atoms with Crippen LogP contribution in [0.2, 0.25) is 0 Å². The van der Waals surface area contributed by atoms with Gasteiger partial charge in [0, 0.05) is 17.8 Å². The zero-order chi connectivity index (χ0) is 14.5. The van der Waals surface area contributed by atoms with Crippen molar-refractivity contribution in [1.29, 1.82) is 5.26 Å². The van der Waals surface area contributed by atoms with Gasteiger partial charge in [-0.3, -0.25) is 0 Å². The van der Waals surface area contributed by atoms with Crippen LogP contribution in [-0.4, -0.2) is 16.5 Å². The van der Waals surface area contributed by atoms with Gasteiger partial charge in [-0.05, 0) is 38.5 Å². The number of nitriles is 1. The lowest BCUT2D eigenvalue weighted by Crippen LogP contribution is -2.06. The summed E-state index contributed by atoms with van der Waals surface area (Å²) in [5, 5.41) is 15.4. The fourth-order valence-corrected chi connectivity index (χ4v) is 1.88. The van der Waals surface area contributed by atoms with Crippen LogP contribution in [0.3, 0.4) is 0 Å². The van der Waals surface area contributed by atoms with Crippen LogP contribution in [0.5, 0.6) is 0 Å². The molecule has 0 spiro atoms. The van der Waals surface area contributed by atoms with Crippen LogP contribution < -0.4 is 10.6 Å². The molecule has 0 aliphatic rings. The van der Waals surface area contributed by atoms with Crippen molar-refractivity contribution in [3.63, 3.8) is 0 Å². The normalized spacial score (nSPS) is 9.90. The highest BCUT2D eigenvalue weighted by Gasteiger charge is 2.08. The van der Waals surface area contributed by atoms with Crippen LogP contribution in [0.1, 0.15) is 23.6 Å². The number of aromatic nitrogens is 2. The first kappa shape index (κ1) is 13.8. The third kappa shape index (κ3) is 2.86. The Bertz CT molecular complexity index is 658. The lowest BCUT2D eigenvalue weighted by Gasteiger charge is -2.13. The monoisotopic (exact) mass is 267 g/mol. The van der Waals surface area contributed by atoms with E-state index >= 15 is 0 Å². The summed E-state index contributed by atoms with van der Waals surface area (Å²) in [5.74, 6) is 1.56. The molecule has 0 atom stereocenters. The maximum atomic E-state index is 8.97. The standard InChI is InChI=1S/C15H17N5/c1-4-17-14-11(3)15(19-9-18-14)20-13-7-12(8-16)6-5-10(13)2/h5-7,9H,4H2,1-3H3,(H2,17,18,19,20). The summed E-state index contributed by atoms with van der Waals surface area (Å²) in [6, 6.07) is 7.69. The minimum Gasteiger partial charge on any atom is -0.370 e. The number of nitrogens with one attached hydrogen (secondary N) is 2. The molecule has 5 heteroatoms. The van der Waals surface area contributed by atoms with Gasteiger partial charge in [0.1, 0.15) is 18.0 Å². The first-order valence-corrected chi connectivity index (χ1v) is 6.49. The van der Waals surface area contributed by atoms with Crippen molar-refractivity contribution >= 4 is 17.3 Å². The molecule has 0 aliphatic carbocycles. The highest BCUT2D eigenvalue weighted by molar-refractivity contribution is 5.67. The Morgan fingerprint density at radius 3 is 2.65 bits per heavy atom. The highest BCUT2D eigenvalue weighted by Crippen LogP contribution is 2.25. The first-order valence-electron chi connectivity index (χ1n) is 6.49. The van der Waals surface area contributed by atoms with Gasteiger partial charge in [-0.25, -0.2) is 9.97 Å². The quantitative estimate of drug-likeness (QED) is 0.890. The fourth-order valence-electron chi connectivity index (χ4n) is 1.88. The summed E-state index contributed by atoms with van der Waals surface area (Å²) in [6.07, 6.45) is 1.52. The second-order valence-corrected chi connectivity index (χ2v) is 4.49. The Morgan fingerprint density at radius 1 is 1.20 bits per heavy atom. The maximum absolute atomic E-state index is 8.97. The average Bonchev–Trinajstić information content (AvgIpc) is 2.45. The van der Waals surface area contributed by atoms with Crippen molar-refractivity contribution in [1.82, 2.24) is 9.97 Å². The van der Waals surface area contributed by atoms with E-state index in [-0.39, 0.29) is 0 Å². The molecule has 20 heavy (non-hydrogen) atoms. The van der Waals surface area contributed by atoms with Crippen molar-refractivity contribution in [3.8, 4) is 6.07 Å². The molecule has 1 heterocycles. The SMILES string of the molecule is CCNc1ncnc(Nc2cc(C#N)ccc2C)c1C. The zero-order valence-corrected chi connectivity index (χ0v) is 11.9. The molecule has 0 aliphatic heterocycles. The highest BCUT2D eigenvalue weighted by atomic mass is 15.1. The summed E-state index contributed by atoms with van der Waals surface area (Å²) in [7, 11) is 0. The molecule has 1 aromatic heterocycles. The van der Waals surface area contributed by atoms with Gasteiger partial charge >= 0.3 is 0 Å². The van der Waals surface area contributed by atoms with Gasteiger partial charge in [0.05, 0.1) is 11.6 Å². The predicted octanol–water partition coefficient (Wildman–Crippen LogP) is 3.14. The number of anilines is 3. The third-order valence-electron chi connectivity index (χ3n) is 3.05. The van der Waals surface area contributed by atoms with Crippen LogP contribution in [0, 0.1) is 25.2 Å². The fraction of sp³-hybridized carbons (Fsp3) is 0.267. The molecule has 5 nitrogen and oxygen atoms in total. The van der Waals surface area contributed by atoms with Gasteiger partial charge < -0.3 is 10.6 Å². The van der Waals surface area contributed by atoms with Crippen molar-refractivity contribution in [3.05, 3.63) is 41.2 Å². The second kappa shape index (κ2) is 6.02. The van der Waals surface area contributed by atoms with Gasteiger partial charge in [-0.1, -0.05) is 6.07 Å². The molecule has 0 unspecified atom stereocenters. The van der Waals surface area contributed by atoms with Crippen LogP contribution in [0.4, 0.5) is 17.3 Å². The van der Waals surface area contributed by atoms with Crippen LogP contribution in [-0.2, 0) is 0 Å². The Morgan fingerprint density at radius 2 is 1.95 bits per heavy atom. The van der Waals surface area contributed by atoms with E-state index in [1.54, 1.807) is 6.07 Å². The molecule has 102 valence electrons.